The van der Waals surface area contributed by atoms with E-state index in [4.69, 9.17) is 4.74 Å². The minimum atomic E-state index is 0.265. The van der Waals surface area contributed by atoms with Crippen LogP contribution < -0.4 is 4.74 Å². The zero-order chi connectivity index (χ0) is 22.6. The number of likely N-dealkylation sites (tertiary alicyclic amines) is 1. The lowest BCUT2D eigenvalue weighted by Crippen LogP contribution is -2.33. The summed E-state index contributed by atoms with van der Waals surface area (Å²) in [7, 11) is 0. The number of ether oxygens (including phenoxy) is 1. The van der Waals surface area contributed by atoms with E-state index in [1.165, 1.54) is 43.5 Å². The molecular weight excluding hydrogens is 410 g/mol. The fourth-order valence-electron chi connectivity index (χ4n) is 5.04. The summed E-state index contributed by atoms with van der Waals surface area (Å²) in [6.45, 7) is 4.05. The van der Waals surface area contributed by atoms with E-state index in [2.05, 4.69) is 17.0 Å². The van der Waals surface area contributed by atoms with Crippen molar-refractivity contribution in [3.8, 4) is 17.2 Å². The molecule has 4 nitrogen and oxygen atoms in total. The molecule has 0 saturated carbocycles. The van der Waals surface area contributed by atoms with E-state index in [-0.39, 0.29) is 11.5 Å². The number of hydrogen-bond acceptors (Lipinski definition) is 4. The number of hydrogen-bond donors (Lipinski definition) is 2. The fourth-order valence-corrected chi connectivity index (χ4v) is 5.04. The number of piperidine rings is 1. The summed E-state index contributed by atoms with van der Waals surface area (Å²) in [4.78, 5) is 2.48. The maximum absolute atomic E-state index is 10.2. The van der Waals surface area contributed by atoms with E-state index < -0.39 is 0 Å². The zero-order valence-corrected chi connectivity index (χ0v) is 19.0. The van der Waals surface area contributed by atoms with E-state index in [9.17, 15) is 10.2 Å². The Morgan fingerprint density at radius 3 is 2.18 bits per heavy atom. The molecule has 1 fully saturated rings. The lowest BCUT2D eigenvalue weighted by Gasteiger charge is -2.26. The second-order valence-electron chi connectivity index (χ2n) is 9.02. The van der Waals surface area contributed by atoms with E-state index in [0.717, 1.165) is 47.4 Å². The quantitative estimate of drug-likeness (QED) is 0.502. The molecule has 0 bridgehead atoms. The van der Waals surface area contributed by atoms with Gasteiger partial charge in [0, 0.05) is 6.54 Å². The summed E-state index contributed by atoms with van der Waals surface area (Å²) >= 11 is 0. The van der Waals surface area contributed by atoms with Crippen molar-refractivity contribution < 1.29 is 14.9 Å². The highest BCUT2D eigenvalue weighted by Gasteiger charge is 2.22. The predicted molar refractivity (Wildman–Crippen MR) is 133 cm³/mol. The predicted octanol–water partition coefficient (Wildman–Crippen LogP) is 5.87. The standard InChI is InChI=1S/C29H31NO3/c31-24-10-4-21(5-11-24)27-15-9-22-6-12-25(32)20-28(22)29(27)23-7-13-26(14-8-23)33-19-18-30-16-2-1-3-17-30/h4-8,10-14,20,31-32H,1-3,9,15-19H2. The number of phenolic OH excluding ortho intramolecular Hbond substituents is 2. The van der Waals surface area contributed by atoms with Gasteiger partial charge in [-0.05, 0) is 109 Å². The maximum atomic E-state index is 10.2. The van der Waals surface area contributed by atoms with E-state index in [0.29, 0.717) is 6.61 Å². The molecule has 0 atom stereocenters. The Bertz CT molecular complexity index is 1130. The highest BCUT2D eigenvalue weighted by Crippen LogP contribution is 2.42. The van der Waals surface area contributed by atoms with Crippen LogP contribution in [0.1, 0.15) is 47.9 Å². The molecule has 2 N–H and O–H groups in total. The van der Waals surface area contributed by atoms with Crippen LogP contribution in [0.3, 0.4) is 0 Å². The number of fused-ring (bicyclic) bond motifs is 1. The minimum absolute atomic E-state index is 0.265. The van der Waals surface area contributed by atoms with Crippen LogP contribution in [0.2, 0.25) is 0 Å². The molecular formula is C29H31NO3. The van der Waals surface area contributed by atoms with Gasteiger partial charge in [0.05, 0.1) is 0 Å². The van der Waals surface area contributed by atoms with Crippen molar-refractivity contribution in [3.63, 3.8) is 0 Å². The molecule has 0 amide bonds. The van der Waals surface area contributed by atoms with Gasteiger partial charge in [-0.15, -0.1) is 0 Å². The van der Waals surface area contributed by atoms with Crippen LogP contribution in [0.5, 0.6) is 17.2 Å². The van der Waals surface area contributed by atoms with Crippen molar-refractivity contribution in [2.45, 2.75) is 32.1 Å². The molecule has 0 radical (unpaired) electrons. The number of rotatable bonds is 6. The third-order valence-electron chi connectivity index (χ3n) is 6.79. The van der Waals surface area contributed by atoms with Crippen LogP contribution >= 0.6 is 0 Å². The first-order valence-electron chi connectivity index (χ1n) is 12.0. The molecule has 4 heteroatoms. The van der Waals surface area contributed by atoms with Crippen LogP contribution in [-0.2, 0) is 6.42 Å². The molecule has 0 unspecified atom stereocenters. The van der Waals surface area contributed by atoms with Gasteiger partial charge >= 0.3 is 0 Å². The molecule has 0 spiro atoms. The van der Waals surface area contributed by atoms with Crippen LogP contribution in [-0.4, -0.2) is 41.4 Å². The van der Waals surface area contributed by atoms with Crippen LogP contribution in [0.25, 0.3) is 11.1 Å². The van der Waals surface area contributed by atoms with Gasteiger partial charge in [0.25, 0.3) is 0 Å². The van der Waals surface area contributed by atoms with Gasteiger partial charge < -0.3 is 14.9 Å². The first kappa shape index (κ1) is 21.6. The zero-order valence-electron chi connectivity index (χ0n) is 19.0. The number of allylic oxidation sites excluding steroid dienone is 1. The van der Waals surface area contributed by atoms with Gasteiger partial charge in [0.15, 0.2) is 0 Å². The van der Waals surface area contributed by atoms with E-state index in [1.807, 2.05) is 36.4 Å². The second kappa shape index (κ2) is 9.72. The molecule has 2 aliphatic rings. The summed E-state index contributed by atoms with van der Waals surface area (Å²) in [6, 6.07) is 21.4. The molecule has 1 aliphatic heterocycles. The summed E-state index contributed by atoms with van der Waals surface area (Å²) in [5.41, 5.74) is 6.88. The van der Waals surface area contributed by atoms with Gasteiger partial charge in [-0.1, -0.05) is 36.8 Å². The maximum Gasteiger partial charge on any atom is 0.119 e. The van der Waals surface area contributed by atoms with Gasteiger partial charge in [0.2, 0.25) is 0 Å². The smallest absolute Gasteiger partial charge is 0.119 e. The highest BCUT2D eigenvalue weighted by atomic mass is 16.5. The van der Waals surface area contributed by atoms with Crippen LogP contribution in [0, 0.1) is 0 Å². The number of benzene rings is 3. The Hall–Kier alpha value is -3.24. The van der Waals surface area contributed by atoms with E-state index >= 15 is 0 Å². The van der Waals surface area contributed by atoms with E-state index in [1.54, 1.807) is 18.2 Å². The lowest BCUT2D eigenvalue weighted by molar-refractivity contribution is 0.183. The number of aromatic hydroxyl groups is 2. The average Bonchev–Trinajstić information content (AvgIpc) is 2.85. The third kappa shape index (κ3) is 4.91. The molecule has 0 aromatic heterocycles. The largest absolute Gasteiger partial charge is 0.508 e. The molecule has 1 aliphatic carbocycles. The summed E-state index contributed by atoms with van der Waals surface area (Å²) in [5.74, 6) is 1.42. The Labute approximate surface area is 195 Å². The summed E-state index contributed by atoms with van der Waals surface area (Å²) < 4.78 is 6.04. The molecule has 5 rings (SSSR count). The monoisotopic (exact) mass is 441 g/mol. The number of nitrogens with zero attached hydrogens (tertiary/aromatic N) is 1. The molecule has 1 heterocycles. The Morgan fingerprint density at radius 2 is 1.42 bits per heavy atom. The normalized spacial score (nSPS) is 16.5. The number of aryl methyl sites for hydroxylation is 1. The Morgan fingerprint density at radius 1 is 0.727 bits per heavy atom. The number of phenols is 2. The Balaban J connectivity index is 1.42. The van der Waals surface area contributed by atoms with Crippen molar-refractivity contribution in [1.82, 2.24) is 4.90 Å². The minimum Gasteiger partial charge on any atom is -0.508 e. The summed E-state index contributed by atoms with van der Waals surface area (Å²) in [5, 5.41) is 20.0. The first-order chi connectivity index (χ1) is 16.2. The van der Waals surface area contributed by atoms with Crippen molar-refractivity contribution in [2.75, 3.05) is 26.2 Å². The SMILES string of the molecule is Oc1ccc(C2=C(c3ccc(OCCN4CCCCC4)cc3)c3cc(O)ccc3CC2)cc1. The van der Waals surface area contributed by atoms with Crippen molar-refractivity contribution >= 4 is 11.1 Å². The lowest BCUT2D eigenvalue weighted by atomic mass is 9.79. The van der Waals surface area contributed by atoms with Gasteiger partial charge in [-0.2, -0.15) is 0 Å². The topological polar surface area (TPSA) is 52.9 Å². The second-order valence-corrected chi connectivity index (χ2v) is 9.02. The van der Waals surface area contributed by atoms with Gasteiger partial charge in [0.1, 0.15) is 23.9 Å². The summed E-state index contributed by atoms with van der Waals surface area (Å²) in [6.07, 6.45) is 5.77. The van der Waals surface area contributed by atoms with Crippen molar-refractivity contribution in [3.05, 3.63) is 89.0 Å². The molecule has 3 aromatic carbocycles. The average molecular weight is 442 g/mol. The van der Waals surface area contributed by atoms with Crippen molar-refractivity contribution in [2.24, 2.45) is 0 Å². The van der Waals surface area contributed by atoms with Crippen LogP contribution in [0.4, 0.5) is 0 Å². The highest BCUT2D eigenvalue weighted by molar-refractivity contribution is 6.01. The molecule has 1 saturated heterocycles. The Kier molecular flexibility index (Phi) is 6.36. The first-order valence-corrected chi connectivity index (χ1v) is 12.0. The molecule has 170 valence electrons. The van der Waals surface area contributed by atoms with Gasteiger partial charge in [-0.3, -0.25) is 4.90 Å². The molecule has 3 aromatic rings. The fraction of sp³-hybridized carbons (Fsp3) is 0.310. The van der Waals surface area contributed by atoms with Crippen molar-refractivity contribution in [1.29, 1.82) is 0 Å². The van der Waals surface area contributed by atoms with Crippen LogP contribution in [0.15, 0.2) is 66.7 Å². The molecule has 33 heavy (non-hydrogen) atoms. The van der Waals surface area contributed by atoms with Gasteiger partial charge in [-0.25, -0.2) is 0 Å². The third-order valence-corrected chi connectivity index (χ3v) is 6.79.